The molecule has 1 aromatic heterocycles. The third-order valence-electron chi connectivity index (χ3n) is 2.30. The molecular weight excluding hydrogens is 223 g/mol. The van der Waals surface area contributed by atoms with E-state index in [0.717, 1.165) is 17.2 Å². The highest BCUT2D eigenvalue weighted by atomic mass is 32.2. The molecule has 0 saturated heterocycles. The van der Waals surface area contributed by atoms with E-state index in [1.807, 2.05) is 18.7 Å². The molecule has 16 heavy (non-hydrogen) atoms. The predicted octanol–water partition coefficient (Wildman–Crippen LogP) is 3.01. The van der Waals surface area contributed by atoms with Crippen molar-refractivity contribution < 1.29 is 4.39 Å². The highest BCUT2D eigenvalue weighted by Crippen LogP contribution is 2.11. The molecule has 1 heterocycles. The van der Waals surface area contributed by atoms with Gasteiger partial charge in [0.2, 0.25) is 0 Å². The second-order valence-electron chi connectivity index (χ2n) is 3.85. The summed E-state index contributed by atoms with van der Waals surface area (Å²) >= 11 is 1.91. The van der Waals surface area contributed by atoms with Crippen LogP contribution in [-0.4, -0.2) is 22.5 Å². The van der Waals surface area contributed by atoms with Crippen molar-refractivity contribution in [3.8, 4) is 0 Å². The number of pyridine rings is 1. The van der Waals surface area contributed by atoms with Gasteiger partial charge in [0.1, 0.15) is 5.82 Å². The Kier molecular flexibility index (Phi) is 5.77. The standard InChI is InChI=1S/C12H19FN2S/c1-4-16-8-9(2)15-10(3)12-6-5-11(13)7-14-12/h5-7,9-10,15H,4,8H2,1-3H3. The van der Waals surface area contributed by atoms with Gasteiger partial charge < -0.3 is 5.32 Å². The molecule has 0 spiro atoms. The van der Waals surface area contributed by atoms with Crippen LogP contribution < -0.4 is 5.32 Å². The number of halogens is 1. The van der Waals surface area contributed by atoms with Crippen LogP contribution in [0.5, 0.6) is 0 Å². The minimum Gasteiger partial charge on any atom is -0.306 e. The van der Waals surface area contributed by atoms with E-state index in [9.17, 15) is 4.39 Å². The fourth-order valence-corrected chi connectivity index (χ4v) is 2.18. The zero-order valence-corrected chi connectivity index (χ0v) is 10.9. The fraction of sp³-hybridized carbons (Fsp3) is 0.583. The van der Waals surface area contributed by atoms with E-state index in [4.69, 9.17) is 0 Å². The third kappa shape index (κ3) is 4.49. The molecule has 0 aliphatic carbocycles. The van der Waals surface area contributed by atoms with Crippen LogP contribution in [0.4, 0.5) is 4.39 Å². The van der Waals surface area contributed by atoms with Gasteiger partial charge in [0.05, 0.1) is 11.9 Å². The van der Waals surface area contributed by atoms with Crippen molar-refractivity contribution in [3.63, 3.8) is 0 Å². The van der Waals surface area contributed by atoms with Gasteiger partial charge in [0, 0.05) is 17.8 Å². The van der Waals surface area contributed by atoms with Gasteiger partial charge in [-0.1, -0.05) is 6.92 Å². The Bertz CT molecular complexity index is 302. The zero-order chi connectivity index (χ0) is 12.0. The van der Waals surface area contributed by atoms with Crippen LogP contribution in [-0.2, 0) is 0 Å². The largest absolute Gasteiger partial charge is 0.306 e. The molecule has 1 rings (SSSR count). The Morgan fingerprint density at radius 3 is 2.75 bits per heavy atom. The Morgan fingerprint density at radius 1 is 1.44 bits per heavy atom. The maximum absolute atomic E-state index is 12.7. The number of hydrogen-bond donors (Lipinski definition) is 1. The predicted molar refractivity (Wildman–Crippen MR) is 68.2 cm³/mol. The number of aromatic nitrogens is 1. The second kappa shape index (κ2) is 6.86. The summed E-state index contributed by atoms with van der Waals surface area (Å²) in [7, 11) is 0. The van der Waals surface area contributed by atoms with E-state index >= 15 is 0 Å². The van der Waals surface area contributed by atoms with Crippen LogP contribution in [0.3, 0.4) is 0 Å². The Morgan fingerprint density at radius 2 is 2.19 bits per heavy atom. The summed E-state index contributed by atoms with van der Waals surface area (Å²) in [6, 6.07) is 3.78. The topological polar surface area (TPSA) is 24.9 Å². The van der Waals surface area contributed by atoms with Crippen molar-refractivity contribution in [2.24, 2.45) is 0 Å². The van der Waals surface area contributed by atoms with Gasteiger partial charge in [0.25, 0.3) is 0 Å². The first-order valence-electron chi connectivity index (χ1n) is 5.58. The maximum Gasteiger partial charge on any atom is 0.141 e. The number of thioether (sulfide) groups is 1. The van der Waals surface area contributed by atoms with Gasteiger partial charge in [-0.2, -0.15) is 11.8 Å². The van der Waals surface area contributed by atoms with E-state index in [-0.39, 0.29) is 11.9 Å². The molecule has 0 aromatic carbocycles. The van der Waals surface area contributed by atoms with Crippen LogP contribution in [0.2, 0.25) is 0 Å². The third-order valence-corrected chi connectivity index (χ3v) is 3.44. The molecule has 0 bridgehead atoms. The molecule has 0 aliphatic rings. The van der Waals surface area contributed by atoms with Crippen LogP contribution in [0.1, 0.15) is 32.5 Å². The van der Waals surface area contributed by atoms with Gasteiger partial charge in [-0.05, 0) is 31.7 Å². The van der Waals surface area contributed by atoms with Crippen LogP contribution in [0.15, 0.2) is 18.3 Å². The van der Waals surface area contributed by atoms with Gasteiger partial charge in [-0.25, -0.2) is 4.39 Å². The second-order valence-corrected chi connectivity index (χ2v) is 5.17. The van der Waals surface area contributed by atoms with Crippen molar-refractivity contribution >= 4 is 11.8 Å². The summed E-state index contributed by atoms with van der Waals surface area (Å²) in [4.78, 5) is 4.07. The number of hydrogen-bond acceptors (Lipinski definition) is 3. The highest BCUT2D eigenvalue weighted by Gasteiger charge is 2.10. The summed E-state index contributed by atoms with van der Waals surface area (Å²) in [6.45, 7) is 6.36. The molecule has 2 unspecified atom stereocenters. The minimum atomic E-state index is -0.287. The molecule has 1 N–H and O–H groups in total. The van der Waals surface area contributed by atoms with E-state index < -0.39 is 0 Å². The van der Waals surface area contributed by atoms with E-state index in [0.29, 0.717) is 6.04 Å². The molecule has 0 radical (unpaired) electrons. The molecule has 4 heteroatoms. The van der Waals surface area contributed by atoms with Crippen LogP contribution >= 0.6 is 11.8 Å². The number of nitrogens with zero attached hydrogens (tertiary/aromatic N) is 1. The summed E-state index contributed by atoms with van der Waals surface area (Å²) < 4.78 is 12.7. The lowest BCUT2D eigenvalue weighted by molar-refractivity contribution is 0.500. The van der Waals surface area contributed by atoms with Crippen molar-refractivity contribution in [2.75, 3.05) is 11.5 Å². The summed E-state index contributed by atoms with van der Waals surface area (Å²) in [6.07, 6.45) is 1.26. The summed E-state index contributed by atoms with van der Waals surface area (Å²) in [5.41, 5.74) is 0.884. The lowest BCUT2D eigenvalue weighted by Crippen LogP contribution is -2.31. The molecule has 2 nitrogen and oxygen atoms in total. The lowest BCUT2D eigenvalue weighted by Gasteiger charge is -2.19. The van der Waals surface area contributed by atoms with Crippen molar-refractivity contribution in [1.29, 1.82) is 0 Å². The van der Waals surface area contributed by atoms with Crippen molar-refractivity contribution in [2.45, 2.75) is 32.9 Å². The number of nitrogens with one attached hydrogen (secondary N) is 1. The van der Waals surface area contributed by atoms with Gasteiger partial charge in [0.15, 0.2) is 0 Å². The monoisotopic (exact) mass is 242 g/mol. The minimum absolute atomic E-state index is 0.160. The van der Waals surface area contributed by atoms with Gasteiger partial charge in [-0.15, -0.1) is 0 Å². The Labute approximate surface area is 101 Å². The lowest BCUT2D eigenvalue weighted by atomic mass is 10.2. The van der Waals surface area contributed by atoms with Crippen LogP contribution in [0, 0.1) is 5.82 Å². The number of rotatable bonds is 6. The first kappa shape index (κ1) is 13.5. The van der Waals surface area contributed by atoms with Gasteiger partial charge in [-0.3, -0.25) is 4.98 Å². The normalized spacial score (nSPS) is 14.8. The molecule has 0 saturated carbocycles. The van der Waals surface area contributed by atoms with Crippen LogP contribution in [0.25, 0.3) is 0 Å². The SMILES string of the molecule is CCSCC(C)NC(C)c1ccc(F)cn1. The van der Waals surface area contributed by atoms with Crippen molar-refractivity contribution in [1.82, 2.24) is 10.3 Å². The summed E-state index contributed by atoms with van der Waals surface area (Å²) in [5.74, 6) is 1.93. The zero-order valence-electron chi connectivity index (χ0n) is 10.0. The highest BCUT2D eigenvalue weighted by molar-refractivity contribution is 7.99. The molecular formula is C12H19FN2S. The van der Waals surface area contributed by atoms with E-state index in [2.05, 4.69) is 24.1 Å². The first-order valence-corrected chi connectivity index (χ1v) is 6.74. The van der Waals surface area contributed by atoms with Crippen molar-refractivity contribution in [3.05, 3.63) is 29.8 Å². The Balaban J connectivity index is 2.45. The molecule has 0 fully saturated rings. The summed E-state index contributed by atoms with van der Waals surface area (Å²) in [5, 5.41) is 3.44. The average Bonchev–Trinajstić information content (AvgIpc) is 2.27. The average molecular weight is 242 g/mol. The smallest absolute Gasteiger partial charge is 0.141 e. The molecule has 1 aromatic rings. The molecule has 2 atom stereocenters. The fourth-order valence-electron chi connectivity index (χ4n) is 1.50. The first-order chi connectivity index (χ1) is 7.63. The molecule has 0 aliphatic heterocycles. The van der Waals surface area contributed by atoms with Gasteiger partial charge >= 0.3 is 0 Å². The molecule has 0 amide bonds. The maximum atomic E-state index is 12.7. The molecule has 90 valence electrons. The van der Waals surface area contributed by atoms with E-state index in [1.165, 1.54) is 12.3 Å². The van der Waals surface area contributed by atoms with E-state index in [1.54, 1.807) is 6.07 Å². The Hall–Kier alpha value is -0.610. The quantitative estimate of drug-likeness (QED) is 0.830.